The van der Waals surface area contributed by atoms with E-state index in [1.54, 1.807) is 14.1 Å². The number of aromatic hydroxyl groups is 1. The van der Waals surface area contributed by atoms with Crippen molar-refractivity contribution in [3.63, 3.8) is 0 Å². The third kappa shape index (κ3) is 4.19. The number of aliphatic hydroxyl groups is 3. The number of carbonyl (C=O) groups is 3. The number of nitrogens with two attached hydrogens (primary N) is 1. The second-order valence-electron chi connectivity index (χ2n) is 11.5. The molecule has 0 radical (unpaired) electrons. The third-order valence-electron chi connectivity index (χ3n) is 8.60. The lowest BCUT2D eigenvalue weighted by Gasteiger charge is -2.50. The van der Waals surface area contributed by atoms with Crippen molar-refractivity contribution < 1.29 is 39.5 Å². The Bertz CT molecular complexity index is 1330. The van der Waals surface area contributed by atoms with Gasteiger partial charge < -0.3 is 36.2 Å². The van der Waals surface area contributed by atoms with Crippen LogP contribution in [0, 0.1) is 11.8 Å². The summed E-state index contributed by atoms with van der Waals surface area (Å²) in [6.45, 7) is 6.51. The number of Topliss-reactive ketones (excluding diaryl/α,β-unsaturated/α-hetero) is 2. The molecule has 0 saturated heterocycles. The van der Waals surface area contributed by atoms with Crippen LogP contribution >= 0.6 is 0 Å². The highest BCUT2D eigenvalue weighted by molar-refractivity contribution is 6.24. The van der Waals surface area contributed by atoms with Crippen LogP contribution in [0.2, 0.25) is 0 Å². The highest BCUT2D eigenvalue weighted by Gasteiger charge is 2.63. The Morgan fingerprint density at radius 3 is 2.44 bits per heavy atom. The number of likely N-dealkylation sites (N-methyl/N-ethyl adjacent to an activating group) is 1. The maximum atomic E-state index is 13.8. The molecule has 0 aliphatic heterocycles. The lowest BCUT2D eigenvalue weighted by atomic mass is 9.58. The van der Waals surface area contributed by atoms with E-state index in [-0.39, 0.29) is 35.3 Å². The molecule has 0 unspecified atom stereocenters. The molecule has 1 aromatic rings. The van der Waals surface area contributed by atoms with E-state index in [0.29, 0.717) is 23.4 Å². The lowest BCUT2D eigenvalue weighted by Crippen LogP contribution is -2.63. The number of ether oxygens (including phenoxy) is 1. The number of methoxy groups -OCH3 is 1. The minimum Gasteiger partial charge on any atom is -0.510 e. The minimum atomic E-state index is -2.67. The average Bonchev–Trinajstić information content (AvgIpc) is 2.84. The molecule has 0 bridgehead atoms. The van der Waals surface area contributed by atoms with E-state index in [4.69, 9.17) is 10.5 Å². The largest absolute Gasteiger partial charge is 0.510 e. The first-order valence-corrected chi connectivity index (χ1v) is 12.9. The van der Waals surface area contributed by atoms with Crippen molar-refractivity contribution in [1.29, 1.82) is 0 Å². The van der Waals surface area contributed by atoms with Gasteiger partial charge in [-0.3, -0.25) is 19.3 Å². The lowest BCUT2D eigenvalue weighted by molar-refractivity contribution is -0.148. The van der Waals surface area contributed by atoms with E-state index in [1.165, 1.54) is 18.1 Å². The molecule has 39 heavy (non-hydrogen) atoms. The van der Waals surface area contributed by atoms with Crippen LogP contribution in [0.3, 0.4) is 0 Å². The molecular weight excluding hydrogens is 506 g/mol. The molecule has 0 saturated carbocycles. The van der Waals surface area contributed by atoms with Crippen LogP contribution in [0.1, 0.15) is 55.1 Å². The Hall–Kier alpha value is -3.41. The summed E-state index contributed by atoms with van der Waals surface area (Å²) in [7, 11) is 4.65. The van der Waals surface area contributed by atoms with Gasteiger partial charge in [0.25, 0.3) is 5.91 Å². The Morgan fingerprint density at radius 2 is 1.90 bits per heavy atom. The number of phenolic OH excluding ortho intramolecular Hbond substituents is 1. The Morgan fingerprint density at radius 1 is 1.26 bits per heavy atom. The number of ketones is 2. The van der Waals surface area contributed by atoms with Gasteiger partial charge in [0.15, 0.2) is 11.4 Å². The molecule has 4 atom stereocenters. The van der Waals surface area contributed by atoms with Gasteiger partial charge in [0.2, 0.25) is 5.78 Å². The van der Waals surface area contributed by atoms with E-state index in [0.717, 1.165) is 6.42 Å². The molecule has 1 aromatic carbocycles. The van der Waals surface area contributed by atoms with Gasteiger partial charge in [-0.05, 0) is 59.2 Å². The summed E-state index contributed by atoms with van der Waals surface area (Å²) in [6, 6.07) is 0.393. The summed E-state index contributed by atoms with van der Waals surface area (Å²) in [4.78, 5) is 40.8. The van der Waals surface area contributed by atoms with Gasteiger partial charge >= 0.3 is 0 Å². The first-order valence-electron chi connectivity index (χ1n) is 12.9. The van der Waals surface area contributed by atoms with Crippen molar-refractivity contribution in [3.05, 3.63) is 45.4 Å². The highest BCUT2D eigenvalue weighted by atomic mass is 16.5. The number of hydrogen-bond acceptors (Lipinski definition) is 10. The molecule has 1 amide bonds. The number of primary amides is 1. The van der Waals surface area contributed by atoms with Gasteiger partial charge in [0, 0.05) is 34.7 Å². The predicted octanol–water partition coefficient (Wildman–Crippen LogP) is 1.41. The molecule has 11 heteroatoms. The number of nitrogens with zero attached hydrogens (tertiary/aromatic N) is 1. The minimum absolute atomic E-state index is 0.0149. The number of fused-ring (bicyclic) bond motifs is 3. The summed E-state index contributed by atoms with van der Waals surface area (Å²) in [5.74, 6) is -6.40. The van der Waals surface area contributed by atoms with Crippen molar-refractivity contribution in [2.75, 3.05) is 21.2 Å². The molecule has 11 nitrogen and oxygen atoms in total. The zero-order valence-corrected chi connectivity index (χ0v) is 23.1. The van der Waals surface area contributed by atoms with Crippen LogP contribution in [0.25, 0.3) is 0 Å². The summed E-state index contributed by atoms with van der Waals surface area (Å²) in [6.07, 6.45) is 1.03. The Balaban J connectivity index is 1.89. The number of carbonyl (C=O) groups excluding carboxylic acids is 3. The summed E-state index contributed by atoms with van der Waals surface area (Å²) >= 11 is 0. The quantitative estimate of drug-likeness (QED) is 0.275. The van der Waals surface area contributed by atoms with Gasteiger partial charge in [-0.25, -0.2) is 0 Å². The van der Waals surface area contributed by atoms with Gasteiger partial charge in [0.1, 0.15) is 28.6 Å². The van der Waals surface area contributed by atoms with E-state index < -0.39 is 58.0 Å². The maximum Gasteiger partial charge on any atom is 0.255 e. The van der Waals surface area contributed by atoms with Gasteiger partial charge in [-0.15, -0.1) is 0 Å². The fourth-order valence-electron chi connectivity index (χ4n) is 6.21. The predicted molar refractivity (Wildman–Crippen MR) is 141 cm³/mol. The van der Waals surface area contributed by atoms with E-state index in [1.807, 2.05) is 20.8 Å². The molecular formula is C28H37N3O8. The van der Waals surface area contributed by atoms with Crippen LogP contribution < -0.4 is 15.8 Å². The second-order valence-corrected chi connectivity index (χ2v) is 11.5. The fourth-order valence-corrected chi connectivity index (χ4v) is 6.21. The number of amides is 1. The number of aliphatic hydroxyl groups excluding tert-OH is 2. The number of nitrogens with one attached hydrogen (secondary N) is 1. The van der Waals surface area contributed by atoms with Crippen LogP contribution in [0.5, 0.6) is 11.5 Å². The molecule has 212 valence electrons. The number of rotatable bonds is 7. The molecule has 0 aromatic heterocycles. The third-order valence-corrected chi connectivity index (χ3v) is 8.60. The van der Waals surface area contributed by atoms with E-state index in [2.05, 4.69) is 5.32 Å². The smallest absolute Gasteiger partial charge is 0.255 e. The Kier molecular flexibility index (Phi) is 7.08. The molecule has 0 heterocycles. The summed E-state index contributed by atoms with van der Waals surface area (Å²) in [5, 5.41) is 48.3. The topological polar surface area (TPSA) is 183 Å². The van der Waals surface area contributed by atoms with Gasteiger partial charge in [-0.2, -0.15) is 0 Å². The molecule has 3 aliphatic rings. The molecule has 4 rings (SSSR count). The van der Waals surface area contributed by atoms with Crippen LogP contribution in [0.4, 0.5) is 0 Å². The number of phenols is 1. The summed E-state index contributed by atoms with van der Waals surface area (Å²) in [5.41, 5.74) is 2.51. The van der Waals surface area contributed by atoms with E-state index in [9.17, 15) is 34.8 Å². The van der Waals surface area contributed by atoms with Gasteiger partial charge in [-0.1, -0.05) is 6.92 Å². The average molecular weight is 544 g/mol. The monoisotopic (exact) mass is 543 g/mol. The number of hydrogen-bond donors (Lipinski definition) is 6. The van der Waals surface area contributed by atoms with Crippen molar-refractivity contribution in [3.8, 4) is 11.5 Å². The standard InChI is InChI=1S/C28H37N3O8/c1-7-27(2,3)30-11-13-10-16(32)18-14(23(13)39-6)8-12-9-15-20(31(4)5)22(34)19(26(29)37)25(36)28(15,38)24(35)17(12)21(18)33/h10,12,15,20,30,32,34-35,38H,7-9,11H2,1-6H3,(H2,29,37)/t12-,15-,20-,28-/m0/s1. The molecule has 7 N–H and O–H groups in total. The molecule has 0 fully saturated rings. The van der Waals surface area contributed by atoms with Crippen molar-refractivity contribution in [1.82, 2.24) is 10.2 Å². The van der Waals surface area contributed by atoms with Crippen LogP contribution in [-0.4, -0.2) is 81.2 Å². The SMILES string of the molecule is CCC(C)(C)NCc1cc(O)c2c(c1OC)C[C@H]1C[C@H]3[C@H](N(C)C)C(O)=C(C(N)=O)C(=O)[C@@]3(O)C(O)=C1C2=O. The normalized spacial score (nSPS) is 26.9. The van der Waals surface area contributed by atoms with E-state index >= 15 is 0 Å². The fraction of sp³-hybridized carbons (Fsp3) is 0.536. The van der Waals surface area contributed by atoms with Crippen LogP contribution in [-0.2, 0) is 22.6 Å². The van der Waals surface area contributed by atoms with Crippen molar-refractivity contribution in [2.24, 2.45) is 17.6 Å². The molecule has 3 aliphatic carbocycles. The van der Waals surface area contributed by atoms with Crippen LogP contribution in [0.15, 0.2) is 28.7 Å². The summed E-state index contributed by atoms with van der Waals surface area (Å²) < 4.78 is 5.72. The second kappa shape index (κ2) is 9.65. The van der Waals surface area contributed by atoms with Crippen molar-refractivity contribution in [2.45, 2.75) is 63.8 Å². The zero-order valence-electron chi connectivity index (χ0n) is 23.1. The number of allylic oxidation sites excluding steroid dienone is 1. The van der Waals surface area contributed by atoms with Gasteiger partial charge in [0.05, 0.1) is 18.7 Å². The van der Waals surface area contributed by atoms with Crippen molar-refractivity contribution >= 4 is 17.5 Å². The molecule has 0 spiro atoms. The Labute approximate surface area is 226 Å². The number of benzene rings is 1. The highest BCUT2D eigenvalue weighted by Crippen LogP contribution is 2.53. The first-order chi connectivity index (χ1) is 18.1. The maximum absolute atomic E-state index is 13.8. The first kappa shape index (κ1) is 28.6. The zero-order chi connectivity index (χ0) is 29.2.